The first-order chi connectivity index (χ1) is 2.81. The van der Waals surface area contributed by atoms with Crippen LogP contribution in [0.15, 0.2) is 0 Å². The van der Waals surface area contributed by atoms with Gasteiger partial charge in [-0.1, -0.05) is 32.5 Å². The molecular weight excluding hydrogens is 124 g/mol. The first-order valence-electron chi connectivity index (χ1n) is 2.62. The molecule has 45 valence electrons. The third kappa shape index (κ3) is 6.51. The zero-order valence-corrected chi connectivity index (χ0v) is 7.14. The molecule has 0 aromatic heterocycles. The molecule has 0 aromatic carbocycles. The van der Waals surface area contributed by atoms with Crippen LogP contribution in [0.4, 0.5) is 0 Å². The molecule has 7 heavy (non-hydrogen) atoms. The van der Waals surface area contributed by atoms with Crippen molar-refractivity contribution in [3.63, 3.8) is 0 Å². The Morgan fingerprint density at radius 3 is 1.43 bits per heavy atom. The fraction of sp³-hybridized carbons (Fsp3) is 1.00. The standard InChI is InChI=1S/C5H13Si.ClH/c1-4-6(3)5-2;/h4-5H2,1-3H3;1H. The highest BCUT2D eigenvalue weighted by Gasteiger charge is 1.91. The van der Waals surface area contributed by atoms with Crippen LogP contribution in [0.2, 0.25) is 18.6 Å². The highest BCUT2D eigenvalue weighted by atomic mass is 35.5. The number of halogens is 1. The molecule has 0 spiro atoms. The van der Waals surface area contributed by atoms with Crippen LogP contribution in [0.25, 0.3) is 0 Å². The highest BCUT2D eigenvalue weighted by Crippen LogP contribution is 1.93. The molecular formula is C5H14ClSi. The summed E-state index contributed by atoms with van der Waals surface area (Å²) in [7, 11) is 0.132. The normalized spacial score (nSPS) is 8.57. The van der Waals surface area contributed by atoms with Gasteiger partial charge in [-0.05, 0) is 0 Å². The van der Waals surface area contributed by atoms with Gasteiger partial charge in [0.1, 0.15) is 0 Å². The Morgan fingerprint density at radius 1 is 1.14 bits per heavy atom. The maximum atomic E-state index is 2.38. The van der Waals surface area contributed by atoms with Gasteiger partial charge >= 0.3 is 0 Å². The van der Waals surface area contributed by atoms with Gasteiger partial charge in [0.2, 0.25) is 0 Å². The molecule has 0 unspecified atom stereocenters. The van der Waals surface area contributed by atoms with E-state index in [1.165, 1.54) is 12.1 Å². The van der Waals surface area contributed by atoms with Crippen molar-refractivity contribution >= 4 is 21.2 Å². The average molecular weight is 138 g/mol. The molecule has 0 aliphatic heterocycles. The van der Waals surface area contributed by atoms with Gasteiger partial charge in [0.05, 0.1) is 0 Å². The van der Waals surface area contributed by atoms with E-state index < -0.39 is 0 Å². The fourth-order valence-corrected chi connectivity index (χ4v) is 0.750. The van der Waals surface area contributed by atoms with Crippen LogP contribution in [0, 0.1) is 0 Å². The summed E-state index contributed by atoms with van der Waals surface area (Å²) in [5.41, 5.74) is 0. The van der Waals surface area contributed by atoms with Crippen LogP contribution in [0.1, 0.15) is 13.8 Å². The van der Waals surface area contributed by atoms with Crippen LogP contribution >= 0.6 is 12.4 Å². The Bertz CT molecular complexity index is 27.3. The van der Waals surface area contributed by atoms with Crippen LogP contribution in [-0.4, -0.2) is 8.80 Å². The minimum absolute atomic E-state index is 0. The lowest BCUT2D eigenvalue weighted by Crippen LogP contribution is -1.99. The van der Waals surface area contributed by atoms with Crippen LogP contribution in [0.5, 0.6) is 0 Å². The Balaban J connectivity index is 0. The lowest BCUT2D eigenvalue weighted by molar-refractivity contribution is 1.31. The smallest absolute Gasteiger partial charge is 0.0440 e. The van der Waals surface area contributed by atoms with Crippen molar-refractivity contribution in [1.29, 1.82) is 0 Å². The molecule has 0 heterocycles. The quantitative estimate of drug-likeness (QED) is 0.514. The molecule has 0 fully saturated rings. The molecule has 0 atom stereocenters. The Labute approximate surface area is 54.3 Å². The van der Waals surface area contributed by atoms with E-state index in [4.69, 9.17) is 0 Å². The van der Waals surface area contributed by atoms with E-state index in [0.29, 0.717) is 0 Å². The lowest BCUT2D eigenvalue weighted by Gasteiger charge is -1.95. The summed E-state index contributed by atoms with van der Waals surface area (Å²) in [6, 6.07) is 2.86. The lowest BCUT2D eigenvalue weighted by atomic mass is 10.9. The number of hydrogen-bond acceptors (Lipinski definition) is 0. The summed E-state index contributed by atoms with van der Waals surface area (Å²) in [5.74, 6) is 0. The zero-order valence-electron chi connectivity index (χ0n) is 5.32. The summed E-state index contributed by atoms with van der Waals surface area (Å²) < 4.78 is 0. The van der Waals surface area contributed by atoms with Crippen LogP contribution in [-0.2, 0) is 0 Å². The molecule has 0 aromatic rings. The topological polar surface area (TPSA) is 0 Å². The van der Waals surface area contributed by atoms with Crippen LogP contribution < -0.4 is 0 Å². The molecule has 0 N–H and O–H groups in total. The molecule has 0 saturated carbocycles. The fourth-order valence-electron chi connectivity index (χ4n) is 0.250. The monoisotopic (exact) mass is 137 g/mol. The molecule has 0 bridgehead atoms. The summed E-state index contributed by atoms with van der Waals surface area (Å²) in [6.45, 7) is 6.93. The Hall–Kier alpha value is 0.507. The molecule has 0 aliphatic rings. The minimum atomic E-state index is 0. The van der Waals surface area contributed by atoms with Crippen molar-refractivity contribution in [2.24, 2.45) is 0 Å². The molecule has 1 radical (unpaired) electrons. The van der Waals surface area contributed by atoms with E-state index >= 15 is 0 Å². The summed E-state index contributed by atoms with van der Waals surface area (Å²) >= 11 is 0. The summed E-state index contributed by atoms with van der Waals surface area (Å²) in [4.78, 5) is 0. The third-order valence-electron chi connectivity index (χ3n) is 1.21. The first-order valence-corrected chi connectivity index (χ1v) is 5.04. The third-order valence-corrected chi connectivity index (χ3v) is 3.62. The predicted molar refractivity (Wildman–Crippen MR) is 39.8 cm³/mol. The molecule has 2 heteroatoms. The summed E-state index contributed by atoms with van der Waals surface area (Å²) in [5, 5.41) is 0. The van der Waals surface area contributed by atoms with Gasteiger partial charge in [-0.2, -0.15) is 0 Å². The highest BCUT2D eigenvalue weighted by molar-refractivity contribution is 6.56. The van der Waals surface area contributed by atoms with Crippen molar-refractivity contribution < 1.29 is 0 Å². The zero-order chi connectivity index (χ0) is 4.99. The number of rotatable bonds is 2. The van der Waals surface area contributed by atoms with Gasteiger partial charge in [0.15, 0.2) is 0 Å². The van der Waals surface area contributed by atoms with Crippen molar-refractivity contribution in [2.45, 2.75) is 32.5 Å². The molecule has 0 nitrogen and oxygen atoms in total. The maximum Gasteiger partial charge on any atom is 0.0440 e. The van der Waals surface area contributed by atoms with Gasteiger partial charge in [-0.3, -0.25) is 0 Å². The van der Waals surface area contributed by atoms with E-state index in [-0.39, 0.29) is 21.2 Å². The van der Waals surface area contributed by atoms with Crippen molar-refractivity contribution in [3.8, 4) is 0 Å². The van der Waals surface area contributed by atoms with E-state index in [0.717, 1.165) is 0 Å². The van der Waals surface area contributed by atoms with E-state index in [2.05, 4.69) is 20.4 Å². The second kappa shape index (κ2) is 6.51. The van der Waals surface area contributed by atoms with E-state index in [1.54, 1.807) is 0 Å². The number of hydrogen-bond donors (Lipinski definition) is 0. The molecule has 0 amide bonds. The minimum Gasteiger partial charge on any atom is -0.147 e. The predicted octanol–water partition coefficient (Wildman–Crippen LogP) is 2.57. The van der Waals surface area contributed by atoms with Crippen LogP contribution in [0.3, 0.4) is 0 Å². The van der Waals surface area contributed by atoms with Gasteiger partial charge < -0.3 is 0 Å². The first kappa shape index (κ1) is 10.5. The maximum absolute atomic E-state index is 2.38. The van der Waals surface area contributed by atoms with E-state index in [9.17, 15) is 0 Å². The van der Waals surface area contributed by atoms with E-state index in [1.807, 2.05) is 0 Å². The van der Waals surface area contributed by atoms with Gasteiger partial charge in [0.25, 0.3) is 0 Å². The molecule has 0 aliphatic carbocycles. The second-order valence-electron chi connectivity index (χ2n) is 1.66. The van der Waals surface area contributed by atoms with Crippen molar-refractivity contribution in [2.75, 3.05) is 0 Å². The van der Waals surface area contributed by atoms with Gasteiger partial charge in [-0.25, -0.2) is 0 Å². The largest absolute Gasteiger partial charge is 0.147 e. The molecule has 0 saturated heterocycles. The summed E-state index contributed by atoms with van der Waals surface area (Å²) in [6.07, 6.45) is 0. The van der Waals surface area contributed by atoms with Crippen molar-refractivity contribution in [1.82, 2.24) is 0 Å². The molecule has 0 rings (SSSR count). The van der Waals surface area contributed by atoms with Crippen molar-refractivity contribution in [3.05, 3.63) is 0 Å². The van der Waals surface area contributed by atoms with Gasteiger partial charge in [0, 0.05) is 8.80 Å². The Morgan fingerprint density at radius 2 is 1.43 bits per heavy atom. The van der Waals surface area contributed by atoms with Gasteiger partial charge in [-0.15, -0.1) is 12.4 Å². The average Bonchev–Trinajstić information content (AvgIpc) is 1.65. The second-order valence-corrected chi connectivity index (χ2v) is 4.99. The Kier molecular flexibility index (Phi) is 9.74. The SMILES string of the molecule is CC[Si](C)CC.Cl.